The monoisotopic (exact) mass is 296 g/mol. The molecule has 1 aliphatic rings. The van der Waals surface area contributed by atoms with Crippen molar-refractivity contribution in [2.45, 2.75) is 32.4 Å². The van der Waals surface area contributed by atoms with Crippen LogP contribution in [-0.2, 0) is 0 Å². The number of aliphatic hydroxyl groups excluding tert-OH is 1. The summed E-state index contributed by atoms with van der Waals surface area (Å²) < 4.78 is 0. The standard InChI is InChI=1S/C15H21ClN2O2/c1-15(2)12(8-13(15)19)17-11-7-9(5-6-10(11)16)14(20)18(3)4/h5-7,12-13,17,19H,8H2,1-4H3. The van der Waals surface area contributed by atoms with Gasteiger partial charge in [-0.3, -0.25) is 4.79 Å². The molecule has 1 aliphatic carbocycles. The summed E-state index contributed by atoms with van der Waals surface area (Å²) in [6.45, 7) is 4.03. The SMILES string of the molecule is CN(C)C(=O)c1ccc(Cl)c(NC2CC(O)C2(C)C)c1. The van der Waals surface area contributed by atoms with Crippen LogP contribution in [0.1, 0.15) is 30.6 Å². The molecule has 0 heterocycles. The molecule has 0 aliphatic heterocycles. The fourth-order valence-electron chi connectivity index (χ4n) is 2.36. The van der Waals surface area contributed by atoms with Gasteiger partial charge < -0.3 is 15.3 Å². The molecule has 0 bridgehead atoms. The van der Waals surface area contributed by atoms with E-state index in [2.05, 4.69) is 5.32 Å². The lowest BCUT2D eigenvalue weighted by Crippen LogP contribution is -2.56. The Morgan fingerprint density at radius 2 is 2.10 bits per heavy atom. The fourth-order valence-corrected chi connectivity index (χ4v) is 2.53. The maximum absolute atomic E-state index is 12.0. The van der Waals surface area contributed by atoms with Crippen molar-refractivity contribution in [2.24, 2.45) is 5.41 Å². The van der Waals surface area contributed by atoms with E-state index < -0.39 is 0 Å². The first-order valence-corrected chi connectivity index (χ1v) is 7.07. The van der Waals surface area contributed by atoms with Crippen LogP contribution in [0.5, 0.6) is 0 Å². The second-order valence-electron chi connectivity index (χ2n) is 6.16. The third-order valence-corrected chi connectivity index (χ3v) is 4.49. The highest BCUT2D eigenvalue weighted by molar-refractivity contribution is 6.33. The van der Waals surface area contributed by atoms with Gasteiger partial charge in [0.15, 0.2) is 0 Å². The quantitative estimate of drug-likeness (QED) is 0.901. The first-order chi connectivity index (χ1) is 9.23. The van der Waals surface area contributed by atoms with E-state index in [0.717, 1.165) is 5.69 Å². The Kier molecular flexibility index (Phi) is 3.98. The summed E-state index contributed by atoms with van der Waals surface area (Å²) in [7, 11) is 3.44. The Bertz CT molecular complexity index is 529. The van der Waals surface area contributed by atoms with Gasteiger partial charge in [0.2, 0.25) is 0 Å². The number of amides is 1. The summed E-state index contributed by atoms with van der Waals surface area (Å²) in [5.41, 5.74) is 1.15. The predicted molar refractivity (Wildman–Crippen MR) is 81.3 cm³/mol. The van der Waals surface area contributed by atoms with E-state index in [0.29, 0.717) is 17.0 Å². The van der Waals surface area contributed by atoms with Gasteiger partial charge in [0.05, 0.1) is 16.8 Å². The number of rotatable bonds is 3. The van der Waals surface area contributed by atoms with Crippen molar-refractivity contribution < 1.29 is 9.90 Å². The summed E-state index contributed by atoms with van der Waals surface area (Å²) >= 11 is 6.19. The van der Waals surface area contributed by atoms with E-state index in [1.54, 1.807) is 32.3 Å². The molecule has 20 heavy (non-hydrogen) atoms. The van der Waals surface area contributed by atoms with E-state index in [1.807, 2.05) is 13.8 Å². The molecular formula is C15H21ClN2O2. The van der Waals surface area contributed by atoms with Crippen LogP contribution >= 0.6 is 11.6 Å². The largest absolute Gasteiger partial charge is 0.392 e. The molecule has 5 heteroatoms. The summed E-state index contributed by atoms with van der Waals surface area (Å²) in [4.78, 5) is 13.5. The molecule has 4 nitrogen and oxygen atoms in total. The third-order valence-electron chi connectivity index (χ3n) is 4.17. The number of carbonyl (C=O) groups is 1. The van der Waals surface area contributed by atoms with E-state index >= 15 is 0 Å². The van der Waals surface area contributed by atoms with Gasteiger partial charge in [-0.25, -0.2) is 0 Å². The second kappa shape index (κ2) is 5.26. The summed E-state index contributed by atoms with van der Waals surface area (Å²) in [5.74, 6) is -0.0578. The van der Waals surface area contributed by atoms with Crippen LogP contribution in [0.15, 0.2) is 18.2 Å². The first-order valence-electron chi connectivity index (χ1n) is 6.69. The molecule has 1 amide bonds. The van der Waals surface area contributed by atoms with Crippen LogP contribution in [0.25, 0.3) is 0 Å². The molecule has 0 aromatic heterocycles. The molecule has 2 unspecified atom stereocenters. The smallest absolute Gasteiger partial charge is 0.253 e. The molecule has 1 aromatic rings. The Morgan fingerprint density at radius 1 is 1.45 bits per heavy atom. The lowest BCUT2D eigenvalue weighted by molar-refractivity contribution is -0.0510. The van der Waals surface area contributed by atoms with Crippen molar-refractivity contribution in [1.29, 1.82) is 0 Å². The van der Waals surface area contributed by atoms with Gasteiger partial charge in [0, 0.05) is 31.1 Å². The highest BCUT2D eigenvalue weighted by Gasteiger charge is 2.47. The molecule has 2 rings (SSSR count). The molecule has 0 saturated heterocycles. The van der Waals surface area contributed by atoms with Gasteiger partial charge in [-0.2, -0.15) is 0 Å². The van der Waals surface area contributed by atoms with Crippen molar-refractivity contribution in [1.82, 2.24) is 4.90 Å². The minimum atomic E-state index is -0.301. The zero-order valence-corrected chi connectivity index (χ0v) is 13.0. The molecule has 2 atom stereocenters. The minimum absolute atomic E-state index is 0.0578. The van der Waals surface area contributed by atoms with Crippen molar-refractivity contribution >= 4 is 23.2 Å². The fraction of sp³-hybridized carbons (Fsp3) is 0.533. The van der Waals surface area contributed by atoms with Gasteiger partial charge in [0.25, 0.3) is 5.91 Å². The Hall–Kier alpha value is -1.26. The number of hydrogen-bond donors (Lipinski definition) is 2. The second-order valence-corrected chi connectivity index (χ2v) is 6.57. The molecule has 0 radical (unpaired) electrons. The summed E-state index contributed by atoms with van der Waals surface area (Å²) in [6.07, 6.45) is 0.389. The average Bonchev–Trinajstić information content (AvgIpc) is 2.39. The number of aliphatic hydroxyl groups is 1. The zero-order chi connectivity index (χ0) is 15.1. The van der Waals surface area contributed by atoms with E-state index in [9.17, 15) is 9.90 Å². The molecule has 1 saturated carbocycles. The van der Waals surface area contributed by atoms with Crippen molar-refractivity contribution in [2.75, 3.05) is 19.4 Å². The number of benzene rings is 1. The number of hydrogen-bond acceptors (Lipinski definition) is 3. The van der Waals surface area contributed by atoms with Gasteiger partial charge in [-0.15, -0.1) is 0 Å². The van der Waals surface area contributed by atoms with E-state index in [-0.39, 0.29) is 23.5 Å². The summed E-state index contributed by atoms with van der Waals surface area (Å²) in [5, 5.41) is 13.7. The number of carbonyl (C=O) groups excluding carboxylic acids is 1. The lowest BCUT2D eigenvalue weighted by atomic mass is 9.64. The Balaban J connectivity index is 2.20. The highest BCUT2D eigenvalue weighted by atomic mass is 35.5. The van der Waals surface area contributed by atoms with Crippen LogP contribution in [0.2, 0.25) is 5.02 Å². The van der Waals surface area contributed by atoms with Crippen LogP contribution in [0, 0.1) is 5.41 Å². The molecule has 1 fully saturated rings. The molecule has 1 aromatic carbocycles. The average molecular weight is 297 g/mol. The molecular weight excluding hydrogens is 276 g/mol. The Labute approximate surface area is 124 Å². The number of anilines is 1. The van der Waals surface area contributed by atoms with Crippen LogP contribution in [-0.4, -0.2) is 42.2 Å². The highest BCUT2D eigenvalue weighted by Crippen LogP contribution is 2.43. The third kappa shape index (κ3) is 2.63. The maximum Gasteiger partial charge on any atom is 0.253 e. The normalized spacial score (nSPS) is 23.9. The lowest BCUT2D eigenvalue weighted by Gasteiger charge is -2.50. The van der Waals surface area contributed by atoms with Gasteiger partial charge in [-0.1, -0.05) is 25.4 Å². The van der Waals surface area contributed by atoms with E-state index in [1.165, 1.54) is 4.90 Å². The van der Waals surface area contributed by atoms with Crippen molar-refractivity contribution in [3.05, 3.63) is 28.8 Å². The van der Waals surface area contributed by atoms with Crippen molar-refractivity contribution in [3.63, 3.8) is 0 Å². The summed E-state index contributed by atoms with van der Waals surface area (Å²) in [6, 6.07) is 5.37. The topological polar surface area (TPSA) is 52.6 Å². The van der Waals surface area contributed by atoms with Gasteiger partial charge >= 0.3 is 0 Å². The van der Waals surface area contributed by atoms with Gasteiger partial charge in [-0.05, 0) is 24.6 Å². The van der Waals surface area contributed by atoms with Crippen LogP contribution in [0.4, 0.5) is 5.69 Å². The maximum atomic E-state index is 12.0. The number of nitrogens with zero attached hydrogens (tertiary/aromatic N) is 1. The molecule has 0 spiro atoms. The predicted octanol–water partition coefficient (Wildman–Crippen LogP) is 2.61. The van der Waals surface area contributed by atoms with Crippen molar-refractivity contribution in [3.8, 4) is 0 Å². The van der Waals surface area contributed by atoms with Crippen LogP contribution < -0.4 is 5.32 Å². The number of halogens is 1. The first kappa shape index (κ1) is 15.1. The van der Waals surface area contributed by atoms with Crippen LogP contribution in [0.3, 0.4) is 0 Å². The molecule has 2 N–H and O–H groups in total. The number of nitrogens with one attached hydrogen (secondary N) is 1. The zero-order valence-electron chi connectivity index (χ0n) is 12.3. The molecule has 110 valence electrons. The Morgan fingerprint density at radius 3 is 2.60 bits per heavy atom. The van der Waals surface area contributed by atoms with E-state index in [4.69, 9.17) is 11.6 Å². The van der Waals surface area contributed by atoms with Gasteiger partial charge in [0.1, 0.15) is 0 Å². The minimum Gasteiger partial charge on any atom is -0.392 e.